The molecule has 1 aliphatic rings. The van der Waals surface area contributed by atoms with E-state index in [0.717, 1.165) is 56.5 Å². The van der Waals surface area contributed by atoms with E-state index >= 15 is 0 Å². The van der Waals surface area contributed by atoms with Crippen LogP contribution in [0.2, 0.25) is 0 Å². The average molecular weight is 648 g/mol. The molecule has 0 amide bonds. The van der Waals surface area contributed by atoms with Crippen LogP contribution in [0.15, 0.2) is 140 Å². The lowest BCUT2D eigenvalue weighted by molar-refractivity contribution is 0.403. The number of fused-ring (bicyclic) bond motifs is 4. The second-order valence-corrected chi connectivity index (χ2v) is 14.7. The molecule has 0 fully saturated rings. The normalized spacial score (nSPS) is 14.6. The molecule has 0 saturated carbocycles. The van der Waals surface area contributed by atoms with Gasteiger partial charge in [-0.2, -0.15) is 0 Å². The lowest BCUT2D eigenvalue weighted by atomic mass is 9.82. The Morgan fingerprint density at radius 3 is 1.82 bits per heavy atom. The summed E-state index contributed by atoms with van der Waals surface area (Å²) in [6, 6.07) is 46.7. The summed E-state index contributed by atoms with van der Waals surface area (Å²) in [6.07, 6.45) is 3.03. The first-order chi connectivity index (χ1) is 24.2. The first kappa shape index (κ1) is 30.1. The highest BCUT2D eigenvalue weighted by Crippen LogP contribution is 2.50. The van der Waals surface area contributed by atoms with Crippen LogP contribution in [0.25, 0.3) is 72.9 Å². The van der Waals surface area contributed by atoms with Gasteiger partial charge in [0.2, 0.25) is 0 Å². The predicted octanol–water partition coefficient (Wildman–Crippen LogP) is 11.0. The lowest BCUT2D eigenvalue weighted by Crippen LogP contribution is -2.17. The molecule has 0 bridgehead atoms. The second kappa shape index (κ2) is 11.3. The van der Waals surface area contributed by atoms with E-state index in [1.54, 1.807) is 0 Å². The summed E-state index contributed by atoms with van der Waals surface area (Å²) in [5, 5.41) is 2.33. The third kappa shape index (κ3) is 5.00. The van der Waals surface area contributed by atoms with Gasteiger partial charge in [-0.3, -0.25) is 4.98 Å². The smallest absolute Gasteiger partial charge is 0.165 e. The highest BCUT2D eigenvalue weighted by atomic mass is 15.0. The minimum Gasteiger partial charge on any atom is -0.309 e. The summed E-state index contributed by atoms with van der Waals surface area (Å²) in [7, 11) is 0. The zero-order chi connectivity index (χ0) is 34.0. The van der Waals surface area contributed by atoms with E-state index in [0.29, 0.717) is 17.5 Å². The summed E-state index contributed by atoms with van der Waals surface area (Å²) < 4.78 is 2.32. The maximum atomic E-state index is 5.07. The van der Waals surface area contributed by atoms with Gasteiger partial charge in [0.05, 0.1) is 16.7 Å². The number of pyridine rings is 1. The number of hydrogen-bond acceptors (Lipinski definition) is 4. The Morgan fingerprint density at radius 2 is 1.08 bits per heavy atom. The van der Waals surface area contributed by atoms with Gasteiger partial charge in [-0.1, -0.05) is 107 Å². The molecule has 0 unspecified atom stereocenters. The fourth-order valence-electron chi connectivity index (χ4n) is 8.16. The van der Waals surface area contributed by atoms with Crippen LogP contribution in [0.5, 0.6) is 0 Å². The third-order valence-electron chi connectivity index (χ3n) is 10.3. The molecule has 0 radical (unpaired) electrons. The topological polar surface area (TPSA) is 56.5 Å². The van der Waals surface area contributed by atoms with Crippen LogP contribution in [0.1, 0.15) is 45.2 Å². The van der Waals surface area contributed by atoms with Crippen molar-refractivity contribution in [2.75, 3.05) is 0 Å². The Morgan fingerprint density at radius 1 is 0.480 bits per heavy atom. The Labute approximate surface area is 292 Å². The van der Waals surface area contributed by atoms with Crippen molar-refractivity contribution < 1.29 is 0 Å². The predicted molar refractivity (Wildman–Crippen MR) is 204 cm³/mol. The standard InChI is InChI=1S/C45H37N5/c1-44(2)28-45(3,4)37-26-30(19-22-36(37)44)38-23-20-32(27-46-38)43-48-41(29-13-7-5-8-14-29)47-42(49-43)31-21-24-40-35(25-31)34-17-11-12-18-39(34)50(40)33-15-9-6-10-16-33/h5-27H,28H2,1-4H3. The molecular weight excluding hydrogens is 611 g/mol. The van der Waals surface area contributed by atoms with Crippen LogP contribution < -0.4 is 0 Å². The molecule has 0 N–H and O–H groups in total. The Kier molecular flexibility index (Phi) is 6.82. The van der Waals surface area contributed by atoms with Gasteiger partial charge in [-0.25, -0.2) is 15.0 Å². The zero-order valence-corrected chi connectivity index (χ0v) is 28.7. The summed E-state index contributed by atoms with van der Waals surface area (Å²) in [6.45, 7) is 9.40. The van der Waals surface area contributed by atoms with Gasteiger partial charge in [0.1, 0.15) is 0 Å². The lowest BCUT2D eigenvalue weighted by Gasteiger charge is -2.22. The van der Waals surface area contributed by atoms with E-state index in [1.165, 1.54) is 16.5 Å². The van der Waals surface area contributed by atoms with E-state index in [4.69, 9.17) is 19.9 Å². The first-order valence-electron chi connectivity index (χ1n) is 17.3. The molecule has 5 aromatic carbocycles. The van der Waals surface area contributed by atoms with Crippen molar-refractivity contribution in [2.24, 2.45) is 0 Å². The van der Waals surface area contributed by atoms with Gasteiger partial charge < -0.3 is 4.57 Å². The summed E-state index contributed by atoms with van der Waals surface area (Å²) in [5.41, 5.74) is 11.4. The van der Waals surface area contributed by atoms with Gasteiger partial charge in [-0.05, 0) is 83.0 Å². The molecule has 50 heavy (non-hydrogen) atoms. The first-order valence-corrected chi connectivity index (χ1v) is 17.3. The molecule has 3 heterocycles. The highest BCUT2D eigenvalue weighted by molar-refractivity contribution is 6.10. The maximum absolute atomic E-state index is 5.07. The largest absolute Gasteiger partial charge is 0.309 e. The minimum atomic E-state index is 0.128. The van der Waals surface area contributed by atoms with Gasteiger partial charge >= 0.3 is 0 Å². The van der Waals surface area contributed by atoms with Crippen molar-refractivity contribution in [1.82, 2.24) is 24.5 Å². The molecule has 9 rings (SSSR count). The van der Waals surface area contributed by atoms with Crippen molar-refractivity contribution in [3.63, 3.8) is 0 Å². The quantitative estimate of drug-likeness (QED) is 0.187. The molecule has 5 nitrogen and oxygen atoms in total. The second-order valence-electron chi connectivity index (χ2n) is 14.7. The van der Waals surface area contributed by atoms with E-state index in [2.05, 4.69) is 135 Å². The number of benzene rings is 5. The van der Waals surface area contributed by atoms with Gasteiger partial charge in [0.15, 0.2) is 17.5 Å². The molecule has 242 valence electrons. The van der Waals surface area contributed by atoms with Gasteiger partial charge in [0.25, 0.3) is 0 Å². The van der Waals surface area contributed by atoms with Crippen molar-refractivity contribution in [2.45, 2.75) is 44.9 Å². The molecule has 5 heteroatoms. The van der Waals surface area contributed by atoms with E-state index in [9.17, 15) is 0 Å². The van der Waals surface area contributed by atoms with Gasteiger partial charge in [-0.15, -0.1) is 0 Å². The van der Waals surface area contributed by atoms with Crippen molar-refractivity contribution >= 4 is 21.8 Å². The number of para-hydroxylation sites is 2. The Balaban J connectivity index is 1.15. The molecule has 0 aliphatic heterocycles. The fourth-order valence-corrected chi connectivity index (χ4v) is 8.16. The van der Waals surface area contributed by atoms with E-state index < -0.39 is 0 Å². The van der Waals surface area contributed by atoms with Crippen LogP contribution in [0.4, 0.5) is 0 Å². The monoisotopic (exact) mass is 647 g/mol. The SMILES string of the molecule is CC1(C)CC(C)(C)c2cc(-c3ccc(-c4nc(-c5ccccc5)nc(-c5ccc6c(c5)c5ccccc5n6-c5ccccc5)n4)cn3)ccc21. The molecular formula is C45H37N5. The molecule has 0 atom stereocenters. The van der Waals surface area contributed by atoms with Gasteiger partial charge in [0, 0.05) is 44.9 Å². The molecule has 1 aliphatic carbocycles. The van der Waals surface area contributed by atoms with Crippen LogP contribution in [-0.2, 0) is 10.8 Å². The van der Waals surface area contributed by atoms with Crippen LogP contribution >= 0.6 is 0 Å². The van der Waals surface area contributed by atoms with Crippen molar-refractivity contribution in [3.05, 3.63) is 151 Å². The summed E-state index contributed by atoms with van der Waals surface area (Å²) in [4.78, 5) is 20.0. The van der Waals surface area contributed by atoms with E-state index in [1.807, 2.05) is 36.5 Å². The minimum absolute atomic E-state index is 0.128. The number of hydrogen-bond donors (Lipinski definition) is 0. The average Bonchev–Trinajstić information content (AvgIpc) is 3.58. The zero-order valence-electron chi connectivity index (χ0n) is 28.7. The highest BCUT2D eigenvalue weighted by Gasteiger charge is 2.41. The third-order valence-corrected chi connectivity index (χ3v) is 10.3. The van der Waals surface area contributed by atoms with Crippen LogP contribution in [0.3, 0.4) is 0 Å². The molecule has 8 aromatic rings. The van der Waals surface area contributed by atoms with Crippen LogP contribution in [0, 0.1) is 0 Å². The molecule has 0 spiro atoms. The Bertz CT molecular complexity index is 2550. The fraction of sp³-hybridized carbons (Fsp3) is 0.156. The van der Waals surface area contributed by atoms with Crippen molar-refractivity contribution in [1.29, 1.82) is 0 Å². The molecule has 0 saturated heterocycles. The summed E-state index contributed by atoms with van der Waals surface area (Å²) in [5.74, 6) is 1.85. The maximum Gasteiger partial charge on any atom is 0.165 e. The van der Waals surface area contributed by atoms with E-state index in [-0.39, 0.29) is 10.8 Å². The number of rotatable bonds is 5. The number of nitrogens with zero attached hydrogens (tertiary/aromatic N) is 5. The number of aromatic nitrogens is 5. The molecule has 3 aromatic heterocycles. The van der Waals surface area contributed by atoms with Crippen molar-refractivity contribution in [3.8, 4) is 51.1 Å². The summed E-state index contributed by atoms with van der Waals surface area (Å²) >= 11 is 0. The van der Waals surface area contributed by atoms with Crippen LogP contribution in [-0.4, -0.2) is 24.5 Å². The Hall–Kier alpha value is -5.94.